The van der Waals surface area contributed by atoms with Crippen molar-refractivity contribution in [3.05, 3.63) is 16.1 Å². The highest BCUT2D eigenvalue weighted by Crippen LogP contribution is 2.30. The van der Waals surface area contributed by atoms with Gasteiger partial charge in [-0.2, -0.15) is 13.2 Å². The Hall–Kier alpha value is -0.620. The number of hydrogen-bond donors (Lipinski definition) is 1. The number of piperidine rings is 1. The van der Waals surface area contributed by atoms with Gasteiger partial charge in [-0.1, -0.05) is 6.42 Å². The maximum absolute atomic E-state index is 12.3. The monoisotopic (exact) mass is 250 g/mol. The molecule has 2 rings (SSSR count). The maximum Gasteiger partial charge on any atom is 0.434 e. The fraction of sp³-hybridized carbons (Fsp3) is 0.700. The van der Waals surface area contributed by atoms with Crippen LogP contribution in [0.3, 0.4) is 0 Å². The quantitative estimate of drug-likeness (QED) is 0.873. The van der Waals surface area contributed by atoms with E-state index in [9.17, 15) is 13.2 Å². The number of thiazole rings is 1. The molecule has 0 saturated carbocycles. The molecule has 6 heteroatoms. The number of aromatic nitrogens is 1. The van der Waals surface area contributed by atoms with Crippen LogP contribution in [0.25, 0.3) is 0 Å². The van der Waals surface area contributed by atoms with E-state index in [1.807, 2.05) is 0 Å². The molecule has 0 bridgehead atoms. The molecule has 16 heavy (non-hydrogen) atoms. The van der Waals surface area contributed by atoms with E-state index in [0.717, 1.165) is 42.5 Å². The molecule has 1 aromatic heterocycles. The topological polar surface area (TPSA) is 24.9 Å². The lowest BCUT2D eigenvalue weighted by Gasteiger charge is -2.22. The van der Waals surface area contributed by atoms with Gasteiger partial charge in [-0.15, -0.1) is 11.3 Å². The molecule has 1 unspecified atom stereocenters. The first-order valence-electron chi connectivity index (χ1n) is 5.30. The zero-order valence-corrected chi connectivity index (χ0v) is 9.50. The van der Waals surface area contributed by atoms with Crippen molar-refractivity contribution in [2.45, 2.75) is 37.9 Å². The number of nitrogens with zero attached hydrogens (tertiary/aromatic N) is 1. The lowest BCUT2D eigenvalue weighted by Crippen LogP contribution is -2.35. The van der Waals surface area contributed by atoms with Gasteiger partial charge >= 0.3 is 6.18 Å². The zero-order valence-electron chi connectivity index (χ0n) is 8.68. The number of halogens is 3. The Morgan fingerprint density at radius 3 is 2.81 bits per heavy atom. The van der Waals surface area contributed by atoms with Crippen LogP contribution < -0.4 is 5.32 Å². The average molecular weight is 250 g/mol. The van der Waals surface area contributed by atoms with E-state index < -0.39 is 11.9 Å². The molecular formula is C10H13F3N2S. The van der Waals surface area contributed by atoms with Gasteiger partial charge in [-0.3, -0.25) is 0 Å². The SMILES string of the molecule is FC(F)(F)c1csc(CC2CCCCN2)n1. The summed E-state index contributed by atoms with van der Waals surface area (Å²) in [5, 5.41) is 4.97. The van der Waals surface area contributed by atoms with Crippen LogP contribution in [0.5, 0.6) is 0 Å². The van der Waals surface area contributed by atoms with E-state index in [4.69, 9.17) is 0 Å². The summed E-state index contributed by atoms with van der Waals surface area (Å²) in [4.78, 5) is 3.63. The second-order valence-electron chi connectivity index (χ2n) is 3.98. The van der Waals surface area contributed by atoms with Crippen molar-refractivity contribution in [3.63, 3.8) is 0 Å². The van der Waals surface area contributed by atoms with Crippen LogP contribution in [0.15, 0.2) is 5.38 Å². The Bertz CT molecular complexity index is 342. The average Bonchev–Trinajstić information content (AvgIpc) is 2.67. The molecule has 0 spiro atoms. The van der Waals surface area contributed by atoms with E-state index >= 15 is 0 Å². The standard InChI is InChI=1S/C10H13F3N2S/c11-10(12,13)8-6-16-9(15-8)5-7-3-1-2-4-14-7/h6-7,14H,1-5H2. The summed E-state index contributed by atoms with van der Waals surface area (Å²) < 4.78 is 36.9. The molecule has 1 aliphatic heterocycles. The van der Waals surface area contributed by atoms with E-state index in [-0.39, 0.29) is 0 Å². The second kappa shape index (κ2) is 4.71. The summed E-state index contributed by atoms with van der Waals surface area (Å²) >= 11 is 1.10. The second-order valence-corrected chi connectivity index (χ2v) is 4.92. The molecule has 90 valence electrons. The van der Waals surface area contributed by atoms with Crippen LogP contribution in [0.4, 0.5) is 13.2 Å². The predicted molar refractivity (Wildman–Crippen MR) is 56.5 cm³/mol. The molecule has 1 aliphatic rings. The van der Waals surface area contributed by atoms with Crippen molar-refractivity contribution in [3.8, 4) is 0 Å². The smallest absolute Gasteiger partial charge is 0.314 e. The summed E-state index contributed by atoms with van der Waals surface area (Å²) in [7, 11) is 0. The maximum atomic E-state index is 12.3. The molecule has 1 aromatic rings. The summed E-state index contributed by atoms with van der Waals surface area (Å²) in [5.41, 5.74) is -0.761. The first-order valence-corrected chi connectivity index (χ1v) is 6.18. The highest BCUT2D eigenvalue weighted by atomic mass is 32.1. The van der Waals surface area contributed by atoms with E-state index in [1.54, 1.807) is 0 Å². The van der Waals surface area contributed by atoms with Gasteiger partial charge in [0, 0.05) is 17.8 Å². The van der Waals surface area contributed by atoms with Gasteiger partial charge in [0.25, 0.3) is 0 Å². The summed E-state index contributed by atoms with van der Waals surface area (Å²) in [6.07, 6.45) is -0.367. The predicted octanol–water partition coefficient (Wildman–Crippen LogP) is 2.85. The fourth-order valence-electron chi connectivity index (χ4n) is 1.84. The lowest BCUT2D eigenvalue weighted by atomic mass is 10.0. The van der Waals surface area contributed by atoms with Crippen LogP contribution >= 0.6 is 11.3 Å². The van der Waals surface area contributed by atoms with Crippen LogP contribution in [-0.4, -0.2) is 17.6 Å². The normalized spacial score (nSPS) is 22.3. The first-order chi connectivity index (χ1) is 7.55. The van der Waals surface area contributed by atoms with Gasteiger partial charge in [0.15, 0.2) is 5.69 Å². The van der Waals surface area contributed by atoms with Crippen LogP contribution in [0.1, 0.15) is 30.0 Å². The van der Waals surface area contributed by atoms with E-state index in [2.05, 4.69) is 10.3 Å². The molecule has 0 aliphatic carbocycles. The molecule has 0 amide bonds. The minimum absolute atomic E-state index is 0.293. The third-order valence-electron chi connectivity index (χ3n) is 2.68. The minimum atomic E-state index is -4.31. The van der Waals surface area contributed by atoms with Crippen LogP contribution in [0.2, 0.25) is 0 Å². The van der Waals surface area contributed by atoms with E-state index in [0.29, 0.717) is 17.5 Å². The number of hydrogen-bond acceptors (Lipinski definition) is 3. The van der Waals surface area contributed by atoms with Gasteiger partial charge < -0.3 is 5.32 Å². The third kappa shape index (κ3) is 2.95. The van der Waals surface area contributed by atoms with Crippen LogP contribution in [0, 0.1) is 0 Å². The van der Waals surface area contributed by atoms with Crippen molar-refractivity contribution in [1.29, 1.82) is 0 Å². The Morgan fingerprint density at radius 2 is 2.25 bits per heavy atom. The summed E-state index contributed by atoms with van der Waals surface area (Å²) in [6, 6.07) is 0.293. The summed E-state index contributed by atoms with van der Waals surface area (Å²) in [5.74, 6) is 0. The molecule has 1 saturated heterocycles. The molecule has 1 N–H and O–H groups in total. The Kier molecular flexibility index (Phi) is 3.49. The Labute approximate surface area is 95.9 Å². The summed E-state index contributed by atoms with van der Waals surface area (Å²) in [6.45, 7) is 0.960. The minimum Gasteiger partial charge on any atom is -0.314 e. The molecule has 1 fully saturated rings. The third-order valence-corrected chi connectivity index (χ3v) is 3.55. The molecule has 0 aromatic carbocycles. The molecule has 0 radical (unpaired) electrons. The molecule has 2 heterocycles. The largest absolute Gasteiger partial charge is 0.434 e. The fourth-order valence-corrected chi connectivity index (χ4v) is 2.73. The van der Waals surface area contributed by atoms with Crippen molar-refractivity contribution in [2.24, 2.45) is 0 Å². The highest BCUT2D eigenvalue weighted by molar-refractivity contribution is 7.09. The van der Waals surface area contributed by atoms with Gasteiger partial charge in [-0.05, 0) is 19.4 Å². The zero-order chi connectivity index (χ0) is 11.6. The number of nitrogens with one attached hydrogen (secondary N) is 1. The van der Waals surface area contributed by atoms with Crippen molar-refractivity contribution >= 4 is 11.3 Å². The Morgan fingerprint density at radius 1 is 1.44 bits per heavy atom. The van der Waals surface area contributed by atoms with Crippen LogP contribution in [-0.2, 0) is 12.6 Å². The van der Waals surface area contributed by atoms with Crippen molar-refractivity contribution in [1.82, 2.24) is 10.3 Å². The molecule has 2 nitrogen and oxygen atoms in total. The molecular weight excluding hydrogens is 237 g/mol. The van der Waals surface area contributed by atoms with Gasteiger partial charge in [0.2, 0.25) is 0 Å². The first kappa shape index (κ1) is 11.9. The molecule has 1 atom stereocenters. The Balaban J connectivity index is 1.97. The number of rotatable bonds is 2. The van der Waals surface area contributed by atoms with Gasteiger partial charge in [0.05, 0.1) is 5.01 Å². The van der Waals surface area contributed by atoms with Crippen molar-refractivity contribution < 1.29 is 13.2 Å². The van der Waals surface area contributed by atoms with E-state index in [1.165, 1.54) is 0 Å². The van der Waals surface area contributed by atoms with Gasteiger partial charge in [-0.25, -0.2) is 4.98 Å². The van der Waals surface area contributed by atoms with Gasteiger partial charge in [0.1, 0.15) is 0 Å². The van der Waals surface area contributed by atoms with Crippen molar-refractivity contribution in [2.75, 3.05) is 6.54 Å². The lowest BCUT2D eigenvalue weighted by molar-refractivity contribution is -0.140. The highest BCUT2D eigenvalue weighted by Gasteiger charge is 2.33. The number of alkyl halides is 3.